The molecule has 0 saturated carbocycles. The predicted molar refractivity (Wildman–Crippen MR) is 64.5 cm³/mol. The Bertz CT molecular complexity index is 465. The monoisotopic (exact) mass is 249 g/mol. The molecule has 0 fully saturated rings. The van der Waals surface area contributed by atoms with Crippen LogP contribution in [0.1, 0.15) is 18.4 Å². The minimum Gasteiger partial charge on any atom is -0.497 e. The Hall–Kier alpha value is -2.22. The van der Waals surface area contributed by atoms with Gasteiger partial charge in [-0.25, -0.2) is 0 Å². The summed E-state index contributed by atoms with van der Waals surface area (Å²) in [4.78, 5) is 11.7. The number of nitrogens with zero attached hydrogens (tertiary/aromatic N) is 1. The summed E-state index contributed by atoms with van der Waals surface area (Å²) in [5.74, 6) is -0.604. The molecule has 0 saturated heterocycles. The Balaban J connectivity index is 3.18. The molecule has 0 N–H and O–H groups in total. The van der Waals surface area contributed by atoms with Gasteiger partial charge in [0.15, 0.2) is 5.92 Å². The van der Waals surface area contributed by atoms with Crippen molar-refractivity contribution in [1.82, 2.24) is 0 Å². The average Bonchev–Trinajstić information content (AvgIpc) is 2.39. The summed E-state index contributed by atoms with van der Waals surface area (Å²) in [7, 11) is 2.99. The number of nitriles is 1. The largest absolute Gasteiger partial charge is 0.497 e. The molecule has 0 aliphatic heterocycles. The zero-order chi connectivity index (χ0) is 13.5. The number of hydrogen-bond donors (Lipinski definition) is 0. The van der Waals surface area contributed by atoms with Gasteiger partial charge in [-0.3, -0.25) is 4.79 Å². The molecule has 0 heterocycles. The highest BCUT2D eigenvalue weighted by Crippen LogP contribution is 2.31. The predicted octanol–water partition coefficient (Wildman–Crippen LogP) is 1.87. The van der Waals surface area contributed by atoms with Gasteiger partial charge < -0.3 is 14.2 Å². The van der Waals surface area contributed by atoms with E-state index in [2.05, 4.69) is 0 Å². The van der Waals surface area contributed by atoms with E-state index in [1.807, 2.05) is 6.07 Å². The van der Waals surface area contributed by atoms with Crippen molar-refractivity contribution in [3.8, 4) is 17.6 Å². The van der Waals surface area contributed by atoms with E-state index in [-0.39, 0.29) is 6.61 Å². The van der Waals surface area contributed by atoms with Crippen molar-refractivity contribution >= 4 is 5.97 Å². The van der Waals surface area contributed by atoms with Crippen molar-refractivity contribution in [1.29, 1.82) is 5.26 Å². The number of ether oxygens (including phenoxy) is 3. The van der Waals surface area contributed by atoms with E-state index in [0.717, 1.165) is 0 Å². The van der Waals surface area contributed by atoms with Crippen LogP contribution in [-0.4, -0.2) is 26.8 Å². The van der Waals surface area contributed by atoms with Gasteiger partial charge >= 0.3 is 5.97 Å². The van der Waals surface area contributed by atoms with E-state index in [0.29, 0.717) is 17.1 Å². The Labute approximate surface area is 106 Å². The van der Waals surface area contributed by atoms with Gasteiger partial charge in [-0.1, -0.05) is 0 Å². The van der Waals surface area contributed by atoms with E-state index >= 15 is 0 Å². The second-order valence-electron chi connectivity index (χ2n) is 3.42. The van der Waals surface area contributed by atoms with Crippen LogP contribution < -0.4 is 9.47 Å². The third-order valence-corrected chi connectivity index (χ3v) is 2.40. The molecular formula is C13H15NO4. The maximum Gasteiger partial charge on any atom is 0.328 e. The van der Waals surface area contributed by atoms with Crippen LogP contribution in [0.4, 0.5) is 0 Å². The van der Waals surface area contributed by atoms with Crippen LogP contribution in [0.15, 0.2) is 18.2 Å². The standard InChI is InChI=1S/C13H15NO4/c1-4-18-13(15)11(8-14)10-7-9(16-2)5-6-12(10)17-3/h5-7,11H,4H2,1-3H3. The van der Waals surface area contributed by atoms with Crippen molar-refractivity contribution in [3.05, 3.63) is 23.8 Å². The number of methoxy groups -OCH3 is 2. The third-order valence-electron chi connectivity index (χ3n) is 2.40. The second kappa shape index (κ2) is 6.50. The van der Waals surface area contributed by atoms with Crippen LogP contribution in [0.25, 0.3) is 0 Å². The number of esters is 1. The first-order chi connectivity index (χ1) is 8.67. The maximum atomic E-state index is 11.7. The van der Waals surface area contributed by atoms with Crippen molar-refractivity contribution in [2.75, 3.05) is 20.8 Å². The molecule has 0 bridgehead atoms. The summed E-state index contributed by atoms with van der Waals surface area (Å²) >= 11 is 0. The van der Waals surface area contributed by atoms with Crippen LogP contribution in [0.2, 0.25) is 0 Å². The van der Waals surface area contributed by atoms with Gasteiger partial charge in [-0.05, 0) is 25.1 Å². The van der Waals surface area contributed by atoms with Gasteiger partial charge in [0.25, 0.3) is 0 Å². The molecule has 0 radical (unpaired) electrons. The summed E-state index contributed by atoms with van der Waals surface area (Å²) in [6.07, 6.45) is 0. The topological polar surface area (TPSA) is 68.6 Å². The van der Waals surface area contributed by atoms with Crippen LogP contribution in [0.5, 0.6) is 11.5 Å². The van der Waals surface area contributed by atoms with Crippen LogP contribution in [-0.2, 0) is 9.53 Å². The Morgan fingerprint density at radius 1 is 1.39 bits per heavy atom. The first-order valence-corrected chi connectivity index (χ1v) is 5.46. The molecule has 1 rings (SSSR count). The molecule has 5 nitrogen and oxygen atoms in total. The lowest BCUT2D eigenvalue weighted by Gasteiger charge is -2.13. The van der Waals surface area contributed by atoms with Gasteiger partial charge in [0, 0.05) is 5.56 Å². The molecule has 0 amide bonds. The molecule has 1 unspecified atom stereocenters. The van der Waals surface area contributed by atoms with Gasteiger partial charge in [0.2, 0.25) is 0 Å². The molecule has 1 aromatic carbocycles. The maximum absolute atomic E-state index is 11.7. The second-order valence-corrected chi connectivity index (χ2v) is 3.42. The Morgan fingerprint density at radius 2 is 2.11 bits per heavy atom. The average molecular weight is 249 g/mol. The number of carbonyl (C=O) groups is 1. The number of carbonyl (C=O) groups excluding carboxylic acids is 1. The molecule has 1 aromatic rings. The molecular weight excluding hydrogens is 234 g/mol. The zero-order valence-electron chi connectivity index (χ0n) is 10.6. The minimum atomic E-state index is -1.02. The summed E-state index contributed by atoms with van der Waals surface area (Å²) in [5.41, 5.74) is 0.442. The molecule has 96 valence electrons. The van der Waals surface area contributed by atoms with Crippen molar-refractivity contribution in [2.24, 2.45) is 0 Å². The molecule has 1 atom stereocenters. The lowest BCUT2D eigenvalue weighted by molar-refractivity contribution is -0.143. The van der Waals surface area contributed by atoms with Gasteiger partial charge in [-0.15, -0.1) is 0 Å². The lowest BCUT2D eigenvalue weighted by atomic mass is 9.99. The lowest BCUT2D eigenvalue weighted by Crippen LogP contribution is -2.15. The smallest absolute Gasteiger partial charge is 0.328 e. The highest BCUT2D eigenvalue weighted by atomic mass is 16.5. The quantitative estimate of drug-likeness (QED) is 0.745. The van der Waals surface area contributed by atoms with E-state index in [9.17, 15) is 4.79 Å². The number of hydrogen-bond acceptors (Lipinski definition) is 5. The molecule has 5 heteroatoms. The highest BCUT2D eigenvalue weighted by molar-refractivity contribution is 5.82. The van der Waals surface area contributed by atoms with Crippen molar-refractivity contribution < 1.29 is 19.0 Å². The first-order valence-electron chi connectivity index (χ1n) is 5.46. The first kappa shape index (κ1) is 13.8. The van der Waals surface area contributed by atoms with Crippen LogP contribution in [0, 0.1) is 11.3 Å². The Kier molecular flexibility index (Phi) is 5.00. The molecule has 0 aromatic heterocycles. The highest BCUT2D eigenvalue weighted by Gasteiger charge is 2.25. The SMILES string of the molecule is CCOC(=O)C(C#N)c1cc(OC)ccc1OC. The third kappa shape index (κ3) is 2.92. The summed E-state index contributed by atoms with van der Waals surface area (Å²) in [5, 5.41) is 9.11. The van der Waals surface area contributed by atoms with Crippen LogP contribution in [0.3, 0.4) is 0 Å². The van der Waals surface area contributed by atoms with E-state index in [4.69, 9.17) is 19.5 Å². The normalized spacial score (nSPS) is 11.2. The van der Waals surface area contributed by atoms with E-state index < -0.39 is 11.9 Å². The fraction of sp³-hybridized carbons (Fsp3) is 0.385. The zero-order valence-corrected chi connectivity index (χ0v) is 10.6. The summed E-state index contributed by atoms with van der Waals surface area (Å²) in [6, 6.07) is 6.87. The summed E-state index contributed by atoms with van der Waals surface area (Å²) < 4.78 is 15.1. The molecule has 18 heavy (non-hydrogen) atoms. The fourth-order valence-corrected chi connectivity index (χ4v) is 1.54. The van der Waals surface area contributed by atoms with Gasteiger partial charge in [0.1, 0.15) is 11.5 Å². The molecule has 0 spiro atoms. The van der Waals surface area contributed by atoms with Gasteiger partial charge in [0.05, 0.1) is 26.9 Å². The van der Waals surface area contributed by atoms with Crippen LogP contribution >= 0.6 is 0 Å². The minimum absolute atomic E-state index is 0.225. The summed E-state index contributed by atoms with van der Waals surface area (Å²) in [6.45, 7) is 1.92. The molecule has 0 aliphatic carbocycles. The van der Waals surface area contributed by atoms with Crippen molar-refractivity contribution in [2.45, 2.75) is 12.8 Å². The van der Waals surface area contributed by atoms with Crippen molar-refractivity contribution in [3.63, 3.8) is 0 Å². The number of rotatable bonds is 5. The number of benzene rings is 1. The molecule has 0 aliphatic rings. The Morgan fingerprint density at radius 3 is 2.61 bits per heavy atom. The van der Waals surface area contributed by atoms with E-state index in [1.165, 1.54) is 14.2 Å². The fourth-order valence-electron chi connectivity index (χ4n) is 1.54. The van der Waals surface area contributed by atoms with Gasteiger partial charge in [-0.2, -0.15) is 5.26 Å². The van der Waals surface area contributed by atoms with E-state index in [1.54, 1.807) is 25.1 Å².